The highest BCUT2D eigenvalue weighted by Crippen LogP contribution is 2.26. The van der Waals surface area contributed by atoms with Crippen molar-refractivity contribution in [2.45, 2.75) is 29.4 Å². The van der Waals surface area contributed by atoms with E-state index in [1.54, 1.807) is 12.1 Å². The zero-order chi connectivity index (χ0) is 13.9. The van der Waals surface area contributed by atoms with Gasteiger partial charge in [-0.3, -0.25) is 0 Å². The van der Waals surface area contributed by atoms with E-state index >= 15 is 0 Å². The first kappa shape index (κ1) is 15.2. The van der Waals surface area contributed by atoms with E-state index in [4.69, 9.17) is 5.73 Å². The van der Waals surface area contributed by atoms with Crippen molar-refractivity contribution in [3.05, 3.63) is 22.7 Å². The SMILES string of the molecule is Nc1ccc(Br)c(S(=O)(=O)NCC2CCCCS2)c1. The van der Waals surface area contributed by atoms with Gasteiger partial charge >= 0.3 is 0 Å². The van der Waals surface area contributed by atoms with Crippen LogP contribution in [0.2, 0.25) is 0 Å². The summed E-state index contributed by atoms with van der Waals surface area (Å²) in [5.74, 6) is 1.12. The van der Waals surface area contributed by atoms with E-state index in [0.29, 0.717) is 22.0 Å². The number of hydrogen-bond acceptors (Lipinski definition) is 4. The standard InChI is InChI=1S/C12H17BrN2O2S2/c13-11-5-4-9(14)7-12(11)19(16,17)15-8-10-3-1-2-6-18-10/h4-5,7,10,15H,1-3,6,8,14H2. The Labute approximate surface area is 126 Å². The van der Waals surface area contributed by atoms with Crippen LogP contribution in [0.3, 0.4) is 0 Å². The zero-order valence-corrected chi connectivity index (χ0v) is 13.7. The van der Waals surface area contributed by atoms with Gasteiger partial charge in [-0.1, -0.05) is 6.42 Å². The molecule has 0 spiro atoms. The Hall–Kier alpha value is -0.240. The summed E-state index contributed by atoms with van der Waals surface area (Å²) in [6.45, 7) is 0.480. The molecule has 1 atom stereocenters. The molecule has 19 heavy (non-hydrogen) atoms. The first-order chi connectivity index (χ1) is 8.99. The van der Waals surface area contributed by atoms with Crippen molar-refractivity contribution in [2.24, 2.45) is 0 Å². The summed E-state index contributed by atoms with van der Waals surface area (Å²) >= 11 is 5.10. The lowest BCUT2D eigenvalue weighted by Crippen LogP contribution is -2.32. The number of halogens is 1. The monoisotopic (exact) mass is 364 g/mol. The number of nitrogens with two attached hydrogens (primary N) is 1. The summed E-state index contributed by atoms with van der Waals surface area (Å²) in [6, 6.07) is 4.79. The highest BCUT2D eigenvalue weighted by atomic mass is 79.9. The molecule has 1 aliphatic heterocycles. The van der Waals surface area contributed by atoms with E-state index in [0.717, 1.165) is 12.2 Å². The van der Waals surface area contributed by atoms with Crippen LogP contribution in [0.1, 0.15) is 19.3 Å². The van der Waals surface area contributed by atoms with E-state index in [-0.39, 0.29) is 4.90 Å². The van der Waals surface area contributed by atoms with E-state index in [2.05, 4.69) is 20.7 Å². The molecule has 0 aromatic heterocycles. The largest absolute Gasteiger partial charge is 0.399 e. The molecule has 3 N–H and O–H groups in total. The van der Waals surface area contributed by atoms with Crippen LogP contribution in [0.5, 0.6) is 0 Å². The second kappa shape index (κ2) is 6.47. The van der Waals surface area contributed by atoms with Crippen LogP contribution < -0.4 is 10.5 Å². The van der Waals surface area contributed by atoms with Crippen molar-refractivity contribution in [3.63, 3.8) is 0 Å². The van der Waals surface area contributed by atoms with Crippen LogP contribution in [0.15, 0.2) is 27.6 Å². The topological polar surface area (TPSA) is 72.2 Å². The smallest absolute Gasteiger partial charge is 0.241 e. The van der Waals surface area contributed by atoms with Crippen molar-refractivity contribution < 1.29 is 8.42 Å². The predicted octanol–water partition coefficient (Wildman–Crippen LogP) is 2.60. The molecule has 0 aliphatic carbocycles. The molecule has 0 saturated carbocycles. The maximum absolute atomic E-state index is 12.2. The third kappa shape index (κ3) is 4.11. The number of rotatable bonds is 4. The van der Waals surface area contributed by atoms with Crippen LogP contribution in [0.4, 0.5) is 5.69 Å². The first-order valence-corrected chi connectivity index (χ1v) is 9.48. The Morgan fingerprint density at radius 2 is 2.21 bits per heavy atom. The van der Waals surface area contributed by atoms with Crippen molar-refractivity contribution in [3.8, 4) is 0 Å². The Morgan fingerprint density at radius 3 is 2.89 bits per heavy atom. The maximum Gasteiger partial charge on any atom is 0.241 e. The third-order valence-corrected chi connectivity index (χ3v) is 6.84. The van der Waals surface area contributed by atoms with Crippen molar-refractivity contribution in [1.82, 2.24) is 4.72 Å². The van der Waals surface area contributed by atoms with Gasteiger partial charge in [-0.15, -0.1) is 0 Å². The second-order valence-electron chi connectivity index (χ2n) is 4.53. The van der Waals surface area contributed by atoms with Gasteiger partial charge in [-0.05, 0) is 52.7 Å². The van der Waals surface area contributed by atoms with E-state index in [9.17, 15) is 8.42 Å². The number of benzene rings is 1. The third-order valence-electron chi connectivity index (χ3n) is 3.02. The molecular formula is C12H17BrN2O2S2. The van der Waals surface area contributed by atoms with Gasteiger partial charge in [0, 0.05) is 22.0 Å². The Balaban J connectivity index is 2.07. The van der Waals surface area contributed by atoms with Crippen LogP contribution in [0, 0.1) is 0 Å². The minimum absolute atomic E-state index is 0.202. The lowest BCUT2D eigenvalue weighted by atomic mass is 10.2. The molecule has 1 unspecified atom stereocenters. The van der Waals surface area contributed by atoms with E-state index in [1.807, 2.05) is 11.8 Å². The molecule has 0 radical (unpaired) electrons. The molecule has 0 amide bonds. The van der Waals surface area contributed by atoms with Gasteiger partial charge < -0.3 is 5.73 Å². The van der Waals surface area contributed by atoms with Crippen LogP contribution in [-0.4, -0.2) is 26.0 Å². The van der Waals surface area contributed by atoms with Crippen molar-refractivity contribution in [1.29, 1.82) is 0 Å². The molecule has 1 aromatic carbocycles. The van der Waals surface area contributed by atoms with Crippen LogP contribution >= 0.6 is 27.7 Å². The minimum atomic E-state index is -3.50. The molecule has 1 fully saturated rings. The minimum Gasteiger partial charge on any atom is -0.399 e. The molecule has 1 heterocycles. The van der Waals surface area contributed by atoms with Gasteiger partial charge in [0.15, 0.2) is 0 Å². The summed E-state index contributed by atoms with van der Waals surface area (Å²) in [7, 11) is -3.50. The summed E-state index contributed by atoms with van der Waals surface area (Å²) in [5, 5.41) is 0.378. The first-order valence-electron chi connectivity index (χ1n) is 6.15. The Kier molecular flexibility index (Phi) is 5.16. The predicted molar refractivity (Wildman–Crippen MR) is 83.8 cm³/mol. The molecule has 1 saturated heterocycles. The molecule has 2 rings (SSSR count). The van der Waals surface area contributed by atoms with Gasteiger partial charge in [-0.25, -0.2) is 13.1 Å². The highest BCUT2D eigenvalue weighted by Gasteiger charge is 2.21. The van der Waals surface area contributed by atoms with Crippen LogP contribution in [-0.2, 0) is 10.0 Å². The summed E-state index contributed by atoms with van der Waals surface area (Å²) in [5.41, 5.74) is 6.09. The van der Waals surface area contributed by atoms with Crippen molar-refractivity contribution >= 4 is 43.4 Å². The Bertz CT molecular complexity index is 543. The van der Waals surface area contributed by atoms with Crippen LogP contribution in [0.25, 0.3) is 0 Å². The van der Waals surface area contributed by atoms with Gasteiger partial charge in [0.2, 0.25) is 10.0 Å². The number of nitrogens with one attached hydrogen (secondary N) is 1. The quantitative estimate of drug-likeness (QED) is 0.805. The average Bonchev–Trinajstić information content (AvgIpc) is 2.40. The number of sulfonamides is 1. The number of hydrogen-bond donors (Lipinski definition) is 2. The molecule has 7 heteroatoms. The lowest BCUT2D eigenvalue weighted by Gasteiger charge is -2.21. The number of anilines is 1. The summed E-state index contributed by atoms with van der Waals surface area (Å²) < 4.78 is 27.7. The molecule has 106 valence electrons. The molecule has 1 aliphatic rings. The fourth-order valence-electron chi connectivity index (χ4n) is 1.97. The fourth-order valence-corrected chi connectivity index (χ4v) is 5.40. The number of thioether (sulfide) groups is 1. The number of nitrogen functional groups attached to an aromatic ring is 1. The Morgan fingerprint density at radius 1 is 1.42 bits per heavy atom. The summed E-state index contributed by atoms with van der Waals surface area (Å²) in [6.07, 6.45) is 3.49. The molecule has 0 bridgehead atoms. The summed E-state index contributed by atoms with van der Waals surface area (Å²) in [4.78, 5) is 0.202. The molecule has 4 nitrogen and oxygen atoms in total. The second-order valence-corrected chi connectivity index (χ2v) is 8.53. The normalized spacial score (nSPS) is 20.4. The van der Waals surface area contributed by atoms with Crippen molar-refractivity contribution in [2.75, 3.05) is 18.0 Å². The highest BCUT2D eigenvalue weighted by molar-refractivity contribution is 9.10. The van der Waals surface area contributed by atoms with E-state index < -0.39 is 10.0 Å². The molecular weight excluding hydrogens is 348 g/mol. The van der Waals surface area contributed by atoms with Gasteiger partial charge in [0.05, 0.1) is 4.90 Å². The van der Waals surface area contributed by atoms with Gasteiger partial charge in [-0.2, -0.15) is 11.8 Å². The van der Waals surface area contributed by atoms with E-state index in [1.165, 1.54) is 18.9 Å². The average molecular weight is 365 g/mol. The fraction of sp³-hybridized carbons (Fsp3) is 0.500. The zero-order valence-electron chi connectivity index (χ0n) is 10.4. The van der Waals surface area contributed by atoms with Gasteiger partial charge in [0.25, 0.3) is 0 Å². The maximum atomic E-state index is 12.2. The lowest BCUT2D eigenvalue weighted by molar-refractivity contribution is 0.573. The van der Waals surface area contributed by atoms with Gasteiger partial charge in [0.1, 0.15) is 0 Å². The molecule has 1 aromatic rings.